The van der Waals surface area contributed by atoms with E-state index < -0.39 is 17.9 Å². The summed E-state index contributed by atoms with van der Waals surface area (Å²) < 4.78 is 10.9. The Morgan fingerprint density at radius 2 is 1.85 bits per heavy atom. The van der Waals surface area contributed by atoms with Gasteiger partial charge in [-0.1, -0.05) is 25.0 Å². The minimum absolute atomic E-state index is 0.0687. The van der Waals surface area contributed by atoms with Gasteiger partial charge in [0.25, 0.3) is 11.8 Å². The summed E-state index contributed by atoms with van der Waals surface area (Å²) in [7, 11) is 0. The van der Waals surface area contributed by atoms with Gasteiger partial charge in [0, 0.05) is 11.7 Å². The summed E-state index contributed by atoms with van der Waals surface area (Å²) in [6.45, 7) is 3.38. The fourth-order valence-electron chi connectivity index (χ4n) is 4.28. The van der Waals surface area contributed by atoms with Crippen LogP contribution < -0.4 is 15.5 Å². The Balaban J connectivity index is 1.66. The zero-order valence-electron chi connectivity index (χ0n) is 19.4. The first-order valence-electron chi connectivity index (χ1n) is 11.5. The van der Waals surface area contributed by atoms with Crippen molar-refractivity contribution in [3.8, 4) is 0 Å². The Bertz CT molecular complexity index is 1140. The number of carbonyl (C=O) groups is 3. The maximum Gasteiger partial charge on any atom is 0.287 e. The monoisotopic (exact) mass is 463 g/mol. The lowest BCUT2D eigenvalue weighted by atomic mass is 10.1. The van der Waals surface area contributed by atoms with Gasteiger partial charge in [-0.05, 0) is 68.7 Å². The molecule has 0 bridgehead atoms. The normalized spacial score (nSPS) is 14.5. The minimum atomic E-state index is -1.02. The number of aryl methyl sites for hydroxylation is 2. The third kappa shape index (κ3) is 5.39. The SMILES string of the molecule is Cc1cccc(N(C(=O)CNC(=O)c2ccco2)[C@@H](C(=O)NC2CCCC2)c2ccc(C)o2)c1. The number of benzene rings is 1. The standard InChI is InChI=1S/C26H29N3O5/c1-17-7-5-10-20(15-17)29(23(30)16-27-25(31)22-11-6-14-33-22)24(21-13-12-18(2)34-21)26(32)28-19-8-3-4-9-19/h5-7,10-15,19,24H,3-4,8-9,16H2,1-2H3,(H,27,31)(H,28,32)/t24-/m1/s1. The van der Waals surface area contributed by atoms with Crippen molar-refractivity contribution in [1.29, 1.82) is 0 Å². The molecule has 3 aromatic rings. The molecule has 2 N–H and O–H groups in total. The van der Waals surface area contributed by atoms with E-state index in [0.29, 0.717) is 17.2 Å². The summed E-state index contributed by atoms with van der Waals surface area (Å²) in [5, 5.41) is 5.69. The van der Waals surface area contributed by atoms with Crippen molar-refractivity contribution in [3.63, 3.8) is 0 Å². The Kier molecular flexibility index (Phi) is 7.15. The average Bonchev–Trinajstić information content (AvgIpc) is 3.59. The predicted octanol–water partition coefficient (Wildman–Crippen LogP) is 4.05. The van der Waals surface area contributed by atoms with Crippen LogP contribution in [0, 0.1) is 13.8 Å². The first-order valence-corrected chi connectivity index (χ1v) is 11.5. The van der Waals surface area contributed by atoms with Crippen LogP contribution in [0.15, 0.2) is 63.6 Å². The van der Waals surface area contributed by atoms with E-state index >= 15 is 0 Å². The number of carbonyl (C=O) groups excluding carboxylic acids is 3. The molecule has 0 saturated heterocycles. The fraction of sp³-hybridized carbons (Fsp3) is 0.346. The van der Waals surface area contributed by atoms with Crippen molar-refractivity contribution in [3.05, 3.63) is 77.6 Å². The van der Waals surface area contributed by atoms with E-state index in [1.807, 2.05) is 25.1 Å². The Labute approximate surface area is 198 Å². The van der Waals surface area contributed by atoms with Crippen molar-refractivity contribution in [1.82, 2.24) is 10.6 Å². The van der Waals surface area contributed by atoms with E-state index in [9.17, 15) is 14.4 Å². The first-order chi connectivity index (χ1) is 16.4. The molecule has 1 atom stereocenters. The van der Waals surface area contributed by atoms with E-state index in [1.54, 1.807) is 31.2 Å². The van der Waals surface area contributed by atoms with Gasteiger partial charge < -0.3 is 19.5 Å². The quantitative estimate of drug-likeness (QED) is 0.524. The molecular weight excluding hydrogens is 434 g/mol. The van der Waals surface area contributed by atoms with Crippen molar-refractivity contribution < 1.29 is 23.2 Å². The van der Waals surface area contributed by atoms with Gasteiger partial charge in [-0.15, -0.1) is 0 Å². The van der Waals surface area contributed by atoms with Gasteiger partial charge in [0.2, 0.25) is 5.91 Å². The van der Waals surface area contributed by atoms with Gasteiger partial charge >= 0.3 is 0 Å². The molecule has 3 amide bonds. The van der Waals surface area contributed by atoms with Crippen LogP contribution in [-0.4, -0.2) is 30.3 Å². The lowest BCUT2D eigenvalue weighted by molar-refractivity contribution is -0.127. The molecule has 0 radical (unpaired) electrons. The molecule has 4 rings (SSSR count). The second-order valence-electron chi connectivity index (χ2n) is 8.60. The number of anilines is 1. The molecule has 0 spiro atoms. The highest BCUT2D eigenvalue weighted by Gasteiger charge is 2.36. The van der Waals surface area contributed by atoms with Gasteiger partial charge in [-0.3, -0.25) is 19.3 Å². The number of furan rings is 2. The molecule has 34 heavy (non-hydrogen) atoms. The molecule has 8 heteroatoms. The summed E-state index contributed by atoms with van der Waals surface area (Å²) in [5.41, 5.74) is 1.47. The second kappa shape index (κ2) is 10.4. The van der Waals surface area contributed by atoms with Crippen LogP contribution in [0.4, 0.5) is 5.69 Å². The smallest absolute Gasteiger partial charge is 0.287 e. The number of amides is 3. The molecule has 1 fully saturated rings. The molecule has 178 valence electrons. The lowest BCUT2D eigenvalue weighted by Crippen LogP contribution is -2.49. The maximum absolute atomic E-state index is 13.6. The largest absolute Gasteiger partial charge is 0.464 e. The highest BCUT2D eigenvalue weighted by atomic mass is 16.3. The predicted molar refractivity (Wildman–Crippen MR) is 126 cm³/mol. The molecule has 1 aliphatic carbocycles. The zero-order chi connectivity index (χ0) is 24.1. The van der Waals surface area contributed by atoms with Crippen molar-refractivity contribution >= 4 is 23.4 Å². The van der Waals surface area contributed by atoms with Crippen LogP contribution in [0.2, 0.25) is 0 Å². The van der Waals surface area contributed by atoms with Gasteiger partial charge in [-0.25, -0.2) is 0 Å². The topological polar surface area (TPSA) is 105 Å². The highest BCUT2D eigenvalue weighted by molar-refractivity contribution is 6.04. The zero-order valence-corrected chi connectivity index (χ0v) is 19.4. The summed E-state index contributed by atoms with van der Waals surface area (Å²) in [6, 6.07) is 13.0. The number of nitrogens with zero attached hydrogens (tertiary/aromatic N) is 1. The fourth-order valence-corrected chi connectivity index (χ4v) is 4.28. The lowest BCUT2D eigenvalue weighted by Gasteiger charge is -2.31. The Hall–Kier alpha value is -3.81. The number of nitrogens with one attached hydrogen (secondary N) is 2. The maximum atomic E-state index is 13.6. The second-order valence-corrected chi connectivity index (χ2v) is 8.60. The van der Waals surface area contributed by atoms with E-state index in [2.05, 4.69) is 10.6 Å². The Morgan fingerprint density at radius 3 is 2.50 bits per heavy atom. The third-order valence-electron chi connectivity index (χ3n) is 5.93. The van der Waals surface area contributed by atoms with Crippen molar-refractivity contribution in [2.45, 2.75) is 51.6 Å². The van der Waals surface area contributed by atoms with Gasteiger partial charge in [0.05, 0.1) is 12.8 Å². The minimum Gasteiger partial charge on any atom is -0.464 e. The summed E-state index contributed by atoms with van der Waals surface area (Å²) in [6.07, 6.45) is 5.34. The molecule has 0 unspecified atom stereocenters. The third-order valence-corrected chi connectivity index (χ3v) is 5.93. The van der Waals surface area contributed by atoms with Crippen LogP contribution in [0.1, 0.15) is 59.4 Å². The molecule has 2 heterocycles. The van der Waals surface area contributed by atoms with Gasteiger partial charge in [0.15, 0.2) is 11.8 Å². The molecular formula is C26H29N3O5. The van der Waals surface area contributed by atoms with Crippen molar-refractivity contribution in [2.75, 3.05) is 11.4 Å². The van der Waals surface area contributed by atoms with Crippen LogP contribution in [0.3, 0.4) is 0 Å². The van der Waals surface area contributed by atoms with E-state index in [0.717, 1.165) is 31.2 Å². The van der Waals surface area contributed by atoms with Gasteiger partial charge in [-0.2, -0.15) is 0 Å². The molecule has 8 nitrogen and oxygen atoms in total. The van der Waals surface area contributed by atoms with Crippen LogP contribution in [-0.2, 0) is 9.59 Å². The number of hydrogen-bond acceptors (Lipinski definition) is 5. The summed E-state index contributed by atoms with van der Waals surface area (Å²) in [5.74, 6) is -0.174. The van der Waals surface area contributed by atoms with Gasteiger partial charge in [0.1, 0.15) is 11.5 Å². The molecule has 1 aliphatic rings. The first kappa shape index (κ1) is 23.4. The van der Waals surface area contributed by atoms with E-state index in [1.165, 1.54) is 17.2 Å². The highest BCUT2D eigenvalue weighted by Crippen LogP contribution is 2.31. The molecule has 1 saturated carbocycles. The van der Waals surface area contributed by atoms with Crippen LogP contribution in [0.25, 0.3) is 0 Å². The average molecular weight is 464 g/mol. The summed E-state index contributed by atoms with van der Waals surface area (Å²) >= 11 is 0. The number of hydrogen-bond donors (Lipinski definition) is 2. The Morgan fingerprint density at radius 1 is 1.06 bits per heavy atom. The molecule has 0 aliphatic heterocycles. The van der Waals surface area contributed by atoms with Crippen molar-refractivity contribution in [2.24, 2.45) is 0 Å². The molecule has 1 aromatic carbocycles. The van der Waals surface area contributed by atoms with E-state index in [4.69, 9.17) is 8.83 Å². The number of rotatable bonds is 8. The molecule has 2 aromatic heterocycles. The van der Waals surface area contributed by atoms with Crippen LogP contribution >= 0.6 is 0 Å². The van der Waals surface area contributed by atoms with E-state index in [-0.39, 0.29) is 24.3 Å². The summed E-state index contributed by atoms with van der Waals surface area (Å²) in [4.78, 5) is 40.9. The van der Waals surface area contributed by atoms with Crippen LogP contribution in [0.5, 0.6) is 0 Å².